The van der Waals surface area contributed by atoms with Crippen LogP contribution in [0.15, 0.2) is 84.0 Å². The highest BCUT2D eigenvalue weighted by Crippen LogP contribution is 2.38. The molecule has 0 saturated carbocycles. The zero-order valence-electron chi connectivity index (χ0n) is 19.1. The van der Waals surface area contributed by atoms with Crippen molar-refractivity contribution in [2.24, 2.45) is 11.1 Å². The number of Topliss-reactive ketones (excluding diaryl/α,β-unsaturated/α-hetero) is 1. The number of likely N-dealkylation sites (tertiary alicyclic amines) is 1. The van der Waals surface area contributed by atoms with E-state index in [0.717, 1.165) is 42.9 Å². The number of rotatable bonds is 8. The topological polar surface area (TPSA) is 71.4 Å². The van der Waals surface area contributed by atoms with Gasteiger partial charge in [-0.15, -0.1) is 0 Å². The monoisotopic (exact) mass is 456 g/mol. The van der Waals surface area contributed by atoms with Crippen LogP contribution >= 0.6 is 0 Å². The third kappa shape index (κ3) is 4.54. The van der Waals surface area contributed by atoms with E-state index in [1.165, 1.54) is 0 Å². The summed E-state index contributed by atoms with van der Waals surface area (Å²) in [6.45, 7) is 5.17. The fraction of sp³-hybridized carbons (Fsp3) is 0.286. The van der Waals surface area contributed by atoms with Crippen LogP contribution in [0.4, 0.5) is 0 Å². The number of benzene rings is 3. The Balaban J connectivity index is 1.36. The maximum atomic E-state index is 13.7. The Hall–Kier alpha value is -3.64. The SMILES string of the molecule is CCCN1CC(Oc2ccc(C(=O)C3C(c4ccccc4)=NO[C@@H]3c3ccc(O)cc3)cc2)C1. The molecule has 1 unspecified atom stereocenters. The van der Waals surface area contributed by atoms with E-state index in [2.05, 4.69) is 17.0 Å². The van der Waals surface area contributed by atoms with Gasteiger partial charge in [0.15, 0.2) is 11.9 Å². The van der Waals surface area contributed by atoms with Gasteiger partial charge < -0.3 is 14.7 Å². The summed E-state index contributed by atoms with van der Waals surface area (Å²) in [7, 11) is 0. The maximum Gasteiger partial charge on any atom is 0.176 e. The van der Waals surface area contributed by atoms with Gasteiger partial charge in [-0.2, -0.15) is 0 Å². The van der Waals surface area contributed by atoms with Gasteiger partial charge in [-0.25, -0.2) is 0 Å². The first-order chi connectivity index (χ1) is 16.6. The lowest BCUT2D eigenvalue weighted by atomic mass is 9.83. The van der Waals surface area contributed by atoms with Crippen LogP contribution in [0.1, 0.15) is 40.9 Å². The van der Waals surface area contributed by atoms with Crippen molar-refractivity contribution < 1.29 is 19.5 Å². The molecule has 0 amide bonds. The van der Waals surface area contributed by atoms with Gasteiger partial charge in [0.1, 0.15) is 29.2 Å². The van der Waals surface area contributed by atoms with E-state index < -0.39 is 12.0 Å². The van der Waals surface area contributed by atoms with E-state index in [4.69, 9.17) is 9.57 Å². The number of aromatic hydroxyl groups is 1. The second-order valence-corrected chi connectivity index (χ2v) is 8.83. The molecule has 2 atom stereocenters. The summed E-state index contributed by atoms with van der Waals surface area (Å²) in [6.07, 6.45) is 0.777. The zero-order valence-corrected chi connectivity index (χ0v) is 19.1. The lowest BCUT2D eigenvalue weighted by molar-refractivity contribution is 0.0202. The van der Waals surface area contributed by atoms with E-state index in [1.54, 1.807) is 24.3 Å². The van der Waals surface area contributed by atoms with Crippen LogP contribution in [-0.4, -0.2) is 47.2 Å². The van der Waals surface area contributed by atoms with Gasteiger partial charge >= 0.3 is 0 Å². The zero-order chi connectivity index (χ0) is 23.5. The quantitative estimate of drug-likeness (QED) is 0.491. The Morgan fingerprint density at radius 3 is 2.41 bits per heavy atom. The smallest absolute Gasteiger partial charge is 0.176 e. The molecule has 1 N–H and O–H groups in total. The van der Waals surface area contributed by atoms with E-state index in [9.17, 15) is 9.90 Å². The predicted molar refractivity (Wildman–Crippen MR) is 130 cm³/mol. The molecule has 1 fully saturated rings. The molecule has 3 aromatic carbocycles. The molecule has 0 aliphatic carbocycles. The van der Waals surface area contributed by atoms with Crippen LogP contribution < -0.4 is 4.74 Å². The van der Waals surface area contributed by atoms with E-state index >= 15 is 0 Å². The molecule has 2 aliphatic heterocycles. The fourth-order valence-corrected chi connectivity index (χ4v) is 4.56. The summed E-state index contributed by atoms with van der Waals surface area (Å²) in [4.78, 5) is 21.9. The molecule has 174 valence electrons. The van der Waals surface area contributed by atoms with Gasteiger partial charge in [-0.1, -0.05) is 54.5 Å². The Kier molecular flexibility index (Phi) is 6.32. The van der Waals surface area contributed by atoms with E-state index in [-0.39, 0.29) is 17.6 Å². The highest BCUT2D eigenvalue weighted by atomic mass is 16.6. The molecule has 3 aromatic rings. The van der Waals surface area contributed by atoms with Gasteiger partial charge in [-0.05, 0) is 54.9 Å². The Labute approximate surface area is 199 Å². The van der Waals surface area contributed by atoms with Gasteiger partial charge in [0.05, 0.1) is 0 Å². The number of hydrogen-bond donors (Lipinski definition) is 1. The predicted octanol–water partition coefficient (Wildman–Crippen LogP) is 4.84. The van der Waals surface area contributed by atoms with Crippen molar-refractivity contribution in [1.29, 1.82) is 0 Å². The number of carbonyl (C=O) groups excluding carboxylic acids is 1. The van der Waals surface area contributed by atoms with Crippen molar-refractivity contribution in [3.8, 4) is 11.5 Å². The number of ketones is 1. The third-order valence-electron chi connectivity index (χ3n) is 6.34. The second kappa shape index (κ2) is 9.69. The number of oxime groups is 1. The number of carbonyl (C=O) groups is 1. The minimum Gasteiger partial charge on any atom is -0.508 e. The first kappa shape index (κ1) is 22.2. The molecule has 2 heterocycles. The van der Waals surface area contributed by atoms with Crippen LogP contribution in [0.2, 0.25) is 0 Å². The van der Waals surface area contributed by atoms with Crippen molar-refractivity contribution in [3.05, 3.63) is 95.6 Å². The van der Waals surface area contributed by atoms with Crippen molar-refractivity contribution >= 4 is 11.5 Å². The van der Waals surface area contributed by atoms with Crippen molar-refractivity contribution in [3.63, 3.8) is 0 Å². The highest BCUT2D eigenvalue weighted by molar-refractivity contribution is 6.19. The fourth-order valence-electron chi connectivity index (χ4n) is 4.56. The van der Waals surface area contributed by atoms with Crippen molar-refractivity contribution in [2.45, 2.75) is 25.6 Å². The van der Waals surface area contributed by atoms with Crippen molar-refractivity contribution in [1.82, 2.24) is 4.90 Å². The van der Waals surface area contributed by atoms with Crippen LogP contribution in [0.25, 0.3) is 0 Å². The minimum atomic E-state index is -0.604. The number of phenols is 1. The lowest BCUT2D eigenvalue weighted by Gasteiger charge is -2.38. The van der Waals surface area contributed by atoms with Crippen LogP contribution in [-0.2, 0) is 4.84 Å². The molecule has 0 spiro atoms. The van der Waals surface area contributed by atoms with Gasteiger partial charge in [0, 0.05) is 24.2 Å². The Bertz CT molecular complexity index is 1150. The third-order valence-corrected chi connectivity index (χ3v) is 6.34. The molecular formula is C28H28N2O4. The minimum absolute atomic E-state index is 0.0671. The molecule has 5 rings (SSSR count). The van der Waals surface area contributed by atoms with Crippen LogP contribution in [0.3, 0.4) is 0 Å². The molecule has 6 nitrogen and oxygen atoms in total. The summed E-state index contributed by atoms with van der Waals surface area (Å²) in [6, 6.07) is 23.7. The molecule has 1 saturated heterocycles. The Morgan fingerprint density at radius 2 is 1.74 bits per heavy atom. The summed E-state index contributed by atoms with van der Waals surface area (Å²) < 4.78 is 6.05. The average molecular weight is 457 g/mol. The largest absolute Gasteiger partial charge is 0.508 e. The number of ether oxygens (including phenoxy) is 1. The summed E-state index contributed by atoms with van der Waals surface area (Å²) >= 11 is 0. The molecule has 2 aliphatic rings. The summed E-state index contributed by atoms with van der Waals surface area (Å²) in [5.74, 6) is 0.261. The van der Waals surface area contributed by atoms with Crippen molar-refractivity contribution in [2.75, 3.05) is 19.6 Å². The Morgan fingerprint density at radius 1 is 1.03 bits per heavy atom. The van der Waals surface area contributed by atoms with Gasteiger partial charge in [-0.3, -0.25) is 9.69 Å². The van der Waals surface area contributed by atoms with Crippen LogP contribution in [0.5, 0.6) is 11.5 Å². The summed E-state index contributed by atoms with van der Waals surface area (Å²) in [5, 5.41) is 14.0. The number of nitrogens with zero attached hydrogens (tertiary/aromatic N) is 2. The second-order valence-electron chi connectivity index (χ2n) is 8.83. The lowest BCUT2D eigenvalue weighted by Crippen LogP contribution is -2.53. The standard InChI is InChI=1S/C28H28N2O4/c1-2-16-30-17-24(18-30)33-23-14-10-20(11-15-23)27(32)25-26(19-6-4-3-5-7-19)29-34-28(25)21-8-12-22(31)13-9-21/h3-15,24-25,28,31H,2,16-18H2,1H3/t25?,28-/m1/s1. The highest BCUT2D eigenvalue weighted by Gasteiger charge is 2.41. The van der Waals surface area contributed by atoms with E-state index in [0.29, 0.717) is 11.3 Å². The first-order valence-electron chi connectivity index (χ1n) is 11.7. The molecule has 34 heavy (non-hydrogen) atoms. The molecule has 0 bridgehead atoms. The first-order valence-corrected chi connectivity index (χ1v) is 11.7. The maximum absolute atomic E-state index is 13.7. The van der Waals surface area contributed by atoms with E-state index in [1.807, 2.05) is 54.6 Å². The normalized spacial score (nSPS) is 20.3. The average Bonchev–Trinajstić information content (AvgIpc) is 3.29. The van der Waals surface area contributed by atoms with Crippen LogP contribution in [0, 0.1) is 5.92 Å². The molecular weight excluding hydrogens is 428 g/mol. The summed E-state index contributed by atoms with van der Waals surface area (Å²) in [5.41, 5.74) is 2.82. The van der Waals surface area contributed by atoms with Gasteiger partial charge in [0.25, 0.3) is 0 Å². The molecule has 0 aromatic heterocycles. The number of hydrogen-bond acceptors (Lipinski definition) is 6. The number of phenolic OH excluding ortho intramolecular Hbond substituents is 1. The van der Waals surface area contributed by atoms with Gasteiger partial charge in [0.2, 0.25) is 0 Å². The molecule has 6 heteroatoms. The molecule has 0 radical (unpaired) electrons.